The summed E-state index contributed by atoms with van der Waals surface area (Å²) in [5, 5.41) is 0. The van der Waals surface area contributed by atoms with E-state index in [0.29, 0.717) is 31.6 Å². The molecule has 0 saturated carbocycles. The zero-order valence-electron chi connectivity index (χ0n) is 41.0. The molecule has 3 unspecified atom stereocenters. The van der Waals surface area contributed by atoms with Gasteiger partial charge >= 0.3 is 23.9 Å². The van der Waals surface area contributed by atoms with Crippen molar-refractivity contribution in [3.63, 3.8) is 0 Å². The standard InChI is InChI=1S/C49H94NO12P/c1-7-11-15-19-21-25-31-43(29-23-17-13-9-3)39-57-46(51)33-27-34-48(53)59-41-45(42-61-63(55,56)60-38-37-50(5)6)62-49(54)36-28-35-47(52)58-40-44(30-24-18-14-10-4)32-26-22-20-16-12-8-2/h43-45H,7-42H2,1-6H3,(H,55,56)/t43?,44?,45-/m1/s1. The minimum atomic E-state index is -4.74. The van der Waals surface area contributed by atoms with Crippen molar-refractivity contribution >= 4 is 31.7 Å². The lowest BCUT2D eigenvalue weighted by atomic mass is 9.95. The van der Waals surface area contributed by atoms with Crippen molar-refractivity contribution in [1.82, 2.24) is 0 Å². The van der Waals surface area contributed by atoms with Crippen LogP contribution in [-0.2, 0) is 51.7 Å². The number of likely N-dealkylation sites (N-methyl/N-ethyl adjacent to an activating group) is 1. The van der Waals surface area contributed by atoms with Crippen LogP contribution in [0.5, 0.6) is 0 Å². The average Bonchev–Trinajstić information content (AvgIpc) is 3.24. The molecule has 13 nitrogen and oxygen atoms in total. The number of hydrogen-bond acceptors (Lipinski definition) is 12. The normalized spacial score (nSPS) is 13.9. The van der Waals surface area contributed by atoms with Gasteiger partial charge in [0.2, 0.25) is 0 Å². The number of phosphoric acid groups is 1. The fourth-order valence-corrected chi connectivity index (χ4v) is 8.02. The van der Waals surface area contributed by atoms with Crippen LogP contribution < -0.4 is 9.79 Å². The molecule has 372 valence electrons. The van der Waals surface area contributed by atoms with Crippen molar-refractivity contribution < 1.29 is 61.5 Å². The number of quaternary nitrogens is 1. The van der Waals surface area contributed by atoms with Crippen molar-refractivity contribution in [3.05, 3.63) is 0 Å². The predicted octanol–water partition coefficient (Wildman–Crippen LogP) is 10.2. The van der Waals surface area contributed by atoms with Gasteiger partial charge in [0, 0.05) is 25.7 Å². The summed E-state index contributed by atoms with van der Waals surface area (Å²) in [7, 11) is -1.05. The number of unbranched alkanes of at least 4 members (excludes halogenated alkanes) is 16. The van der Waals surface area contributed by atoms with Gasteiger partial charge in [0.15, 0.2) is 6.10 Å². The van der Waals surface area contributed by atoms with Crippen LogP contribution in [-0.4, -0.2) is 83.7 Å². The number of rotatable bonds is 46. The monoisotopic (exact) mass is 920 g/mol. The highest BCUT2D eigenvalue weighted by Crippen LogP contribution is 2.38. The molecule has 0 aromatic rings. The topological polar surface area (TPSA) is 168 Å². The quantitative estimate of drug-likeness (QED) is 0.0266. The number of phosphoric ester groups is 1. The molecule has 1 N–H and O–H groups in total. The van der Waals surface area contributed by atoms with Gasteiger partial charge in [-0.1, -0.05) is 156 Å². The number of esters is 4. The highest BCUT2D eigenvalue weighted by atomic mass is 31.2. The Bertz CT molecular complexity index is 1170. The van der Waals surface area contributed by atoms with Gasteiger partial charge in [-0.15, -0.1) is 0 Å². The van der Waals surface area contributed by atoms with Crippen molar-refractivity contribution in [2.75, 3.05) is 53.7 Å². The molecule has 14 heteroatoms. The van der Waals surface area contributed by atoms with Crippen LogP contribution >= 0.6 is 7.82 Å². The first-order chi connectivity index (χ1) is 30.3. The van der Waals surface area contributed by atoms with Gasteiger partial charge < -0.3 is 37.8 Å². The number of nitrogens with one attached hydrogen (secondary N) is 1. The second kappa shape index (κ2) is 42.6. The fourth-order valence-electron chi connectivity index (χ4n) is 7.28. The SMILES string of the molecule is CCCCCCCCC(CCCCCC)COC(=O)CCCC(=O)OC[C@H](COP(=O)([O-])OCC[NH+](C)C)OC(=O)CCCC(=O)OCC(CCCCCC)CCCCCCCC. The minimum Gasteiger partial charge on any atom is -0.756 e. The Balaban J connectivity index is 5.03. The van der Waals surface area contributed by atoms with Gasteiger partial charge in [0.25, 0.3) is 7.82 Å². The van der Waals surface area contributed by atoms with Crippen LogP contribution in [0.2, 0.25) is 0 Å². The van der Waals surface area contributed by atoms with E-state index in [1.165, 1.54) is 103 Å². The maximum Gasteiger partial charge on any atom is 0.306 e. The van der Waals surface area contributed by atoms with Crippen LogP contribution in [0.15, 0.2) is 0 Å². The van der Waals surface area contributed by atoms with E-state index in [1.54, 1.807) is 0 Å². The molecule has 0 fully saturated rings. The Morgan fingerprint density at radius 1 is 0.460 bits per heavy atom. The molecule has 0 heterocycles. The average molecular weight is 920 g/mol. The first kappa shape index (κ1) is 60.9. The second-order valence-electron chi connectivity index (χ2n) is 17.9. The third-order valence-corrected chi connectivity index (χ3v) is 12.3. The van der Waals surface area contributed by atoms with Crippen LogP contribution in [0.3, 0.4) is 0 Å². The molecule has 0 spiro atoms. The summed E-state index contributed by atoms with van der Waals surface area (Å²) < 4.78 is 44.4. The molecule has 0 aliphatic carbocycles. The zero-order chi connectivity index (χ0) is 46.8. The number of carbonyl (C=O) groups excluding carboxylic acids is 4. The summed E-state index contributed by atoms with van der Waals surface area (Å²) in [6.45, 7) is 8.81. The molecule has 0 aromatic heterocycles. The third kappa shape index (κ3) is 41.1. The molecule has 0 aliphatic heterocycles. The maximum absolute atomic E-state index is 12.9. The Hall–Kier alpha value is -2.05. The molecule has 0 amide bonds. The molecule has 0 saturated heterocycles. The molecule has 0 radical (unpaired) electrons. The summed E-state index contributed by atoms with van der Waals surface area (Å²) in [4.78, 5) is 64.2. The van der Waals surface area contributed by atoms with Gasteiger partial charge in [-0.05, 0) is 50.4 Å². The molecule has 0 rings (SSSR count). The minimum absolute atomic E-state index is 0.0312. The molecular formula is C49H94NO12P. The molecule has 0 aromatic carbocycles. The van der Waals surface area contributed by atoms with Crippen LogP contribution in [0.1, 0.15) is 220 Å². The van der Waals surface area contributed by atoms with Crippen molar-refractivity contribution in [2.24, 2.45) is 11.8 Å². The summed E-state index contributed by atoms with van der Waals surface area (Å²) in [5.74, 6) is -1.41. The van der Waals surface area contributed by atoms with E-state index < -0.39 is 39.1 Å². The van der Waals surface area contributed by atoms with E-state index in [2.05, 4.69) is 27.7 Å². The van der Waals surface area contributed by atoms with Gasteiger partial charge in [0.05, 0.1) is 33.9 Å². The lowest BCUT2D eigenvalue weighted by Crippen LogP contribution is -3.06. The van der Waals surface area contributed by atoms with E-state index in [9.17, 15) is 28.6 Å². The second-order valence-corrected chi connectivity index (χ2v) is 19.4. The lowest BCUT2D eigenvalue weighted by Gasteiger charge is -2.25. The van der Waals surface area contributed by atoms with Gasteiger partial charge in [-0.3, -0.25) is 23.7 Å². The zero-order valence-corrected chi connectivity index (χ0v) is 41.9. The van der Waals surface area contributed by atoms with Gasteiger partial charge in [-0.2, -0.15) is 0 Å². The Labute approximate surface area is 384 Å². The first-order valence-corrected chi connectivity index (χ1v) is 26.9. The molecule has 4 atom stereocenters. The Morgan fingerprint density at radius 2 is 0.810 bits per heavy atom. The number of ether oxygens (including phenoxy) is 4. The van der Waals surface area contributed by atoms with E-state index in [4.69, 9.17) is 28.0 Å². The molecule has 0 aliphatic rings. The third-order valence-electron chi connectivity index (χ3n) is 11.3. The van der Waals surface area contributed by atoms with Crippen molar-refractivity contribution in [3.8, 4) is 0 Å². The number of carbonyl (C=O) groups is 4. The first-order valence-electron chi connectivity index (χ1n) is 25.4. The molecule has 0 bridgehead atoms. The Morgan fingerprint density at radius 3 is 1.21 bits per heavy atom. The van der Waals surface area contributed by atoms with E-state index in [0.717, 1.165) is 56.3 Å². The Kier molecular flexibility index (Phi) is 41.2. The van der Waals surface area contributed by atoms with E-state index in [1.807, 2.05) is 14.1 Å². The summed E-state index contributed by atoms with van der Waals surface area (Å²) in [6, 6.07) is 0. The maximum atomic E-state index is 12.9. The lowest BCUT2D eigenvalue weighted by molar-refractivity contribution is -0.858. The summed E-state index contributed by atoms with van der Waals surface area (Å²) in [5.41, 5.74) is 0. The van der Waals surface area contributed by atoms with E-state index in [-0.39, 0.29) is 57.1 Å². The summed E-state index contributed by atoms with van der Waals surface area (Å²) in [6.07, 6.45) is 27.2. The van der Waals surface area contributed by atoms with Crippen LogP contribution in [0.4, 0.5) is 0 Å². The van der Waals surface area contributed by atoms with E-state index >= 15 is 0 Å². The highest BCUT2D eigenvalue weighted by molar-refractivity contribution is 7.45. The smallest absolute Gasteiger partial charge is 0.306 e. The largest absolute Gasteiger partial charge is 0.756 e. The highest BCUT2D eigenvalue weighted by Gasteiger charge is 2.22. The van der Waals surface area contributed by atoms with Crippen molar-refractivity contribution in [2.45, 2.75) is 226 Å². The predicted molar refractivity (Wildman–Crippen MR) is 248 cm³/mol. The van der Waals surface area contributed by atoms with Crippen LogP contribution in [0, 0.1) is 11.8 Å². The van der Waals surface area contributed by atoms with Crippen molar-refractivity contribution in [1.29, 1.82) is 0 Å². The molecular weight excluding hydrogens is 826 g/mol. The van der Waals surface area contributed by atoms with Gasteiger partial charge in [0.1, 0.15) is 19.8 Å². The van der Waals surface area contributed by atoms with Crippen LogP contribution in [0.25, 0.3) is 0 Å². The summed E-state index contributed by atoms with van der Waals surface area (Å²) >= 11 is 0. The molecule has 63 heavy (non-hydrogen) atoms. The van der Waals surface area contributed by atoms with Gasteiger partial charge in [-0.25, -0.2) is 0 Å². The fraction of sp³-hybridized carbons (Fsp3) is 0.918. The number of hydrogen-bond donors (Lipinski definition) is 1.